The van der Waals surface area contributed by atoms with Crippen molar-refractivity contribution in [1.29, 1.82) is 0 Å². The minimum Gasteiger partial charge on any atom is -0.467 e. The van der Waals surface area contributed by atoms with E-state index < -0.39 is 0 Å². The zero-order chi connectivity index (χ0) is 22.6. The van der Waals surface area contributed by atoms with Crippen molar-refractivity contribution in [2.24, 2.45) is 0 Å². The third-order valence-corrected chi connectivity index (χ3v) is 6.41. The van der Waals surface area contributed by atoms with Crippen molar-refractivity contribution in [1.82, 2.24) is 14.8 Å². The molecule has 1 amide bonds. The number of nitrogens with zero attached hydrogens (tertiary/aromatic N) is 3. The number of benzene rings is 2. The van der Waals surface area contributed by atoms with E-state index >= 15 is 0 Å². The van der Waals surface area contributed by atoms with Gasteiger partial charge in [0, 0.05) is 11.6 Å². The van der Waals surface area contributed by atoms with E-state index in [2.05, 4.69) is 20.1 Å². The second-order valence-electron chi connectivity index (χ2n) is 7.97. The summed E-state index contributed by atoms with van der Waals surface area (Å²) >= 11 is 1.40. The smallest absolute Gasteiger partial charge is 0.237 e. The minimum absolute atomic E-state index is 0.0998. The molecule has 0 bridgehead atoms. The maximum absolute atomic E-state index is 12.8. The number of furan rings is 1. The Balaban J connectivity index is 1.22. The van der Waals surface area contributed by atoms with Crippen molar-refractivity contribution < 1.29 is 13.9 Å². The maximum Gasteiger partial charge on any atom is 0.237 e. The monoisotopic (exact) mass is 460 g/mol. The predicted molar refractivity (Wildman–Crippen MR) is 127 cm³/mol. The summed E-state index contributed by atoms with van der Waals surface area (Å²) in [5, 5.41) is 12.1. The van der Waals surface area contributed by atoms with Gasteiger partial charge in [-0.3, -0.25) is 9.36 Å². The van der Waals surface area contributed by atoms with Gasteiger partial charge in [0.25, 0.3) is 0 Å². The van der Waals surface area contributed by atoms with Crippen LogP contribution in [-0.4, -0.2) is 25.9 Å². The molecule has 7 nitrogen and oxygen atoms in total. The van der Waals surface area contributed by atoms with E-state index in [1.54, 1.807) is 6.26 Å². The normalized spacial score (nSPS) is 14.1. The average Bonchev–Trinajstić information content (AvgIpc) is 3.40. The molecule has 0 aliphatic heterocycles. The van der Waals surface area contributed by atoms with Gasteiger partial charge in [-0.25, -0.2) is 0 Å². The fraction of sp³-hybridized carbons (Fsp3) is 0.240. The number of hydrogen-bond acceptors (Lipinski definition) is 6. The third-order valence-electron chi connectivity index (χ3n) is 5.33. The molecule has 2 aromatic heterocycles. The summed E-state index contributed by atoms with van der Waals surface area (Å²) in [6.07, 6.45) is 3.91. The first kappa shape index (κ1) is 21.3. The first-order chi connectivity index (χ1) is 16.2. The molecule has 1 N–H and O–H groups in total. The molecule has 0 saturated heterocycles. The highest BCUT2D eigenvalue weighted by Gasteiger charge is 2.31. The third kappa shape index (κ3) is 5.28. The fourth-order valence-corrected chi connectivity index (χ4v) is 4.28. The van der Waals surface area contributed by atoms with Crippen LogP contribution < -0.4 is 10.1 Å². The standard InChI is InChI=1S/C25H24N4O3S/c1-17(24(30)26-19-11-13-21(14-12-19)32-20-6-3-2-4-7-20)33-25-28-27-23(18-9-10-18)29(25)16-22-8-5-15-31-22/h2-8,11-15,17-18H,9-10,16H2,1H3,(H,26,30). The number of amides is 1. The summed E-state index contributed by atoms with van der Waals surface area (Å²) < 4.78 is 13.4. The topological polar surface area (TPSA) is 82.2 Å². The first-order valence-electron chi connectivity index (χ1n) is 10.9. The summed E-state index contributed by atoms with van der Waals surface area (Å²) in [6, 6.07) is 20.7. The summed E-state index contributed by atoms with van der Waals surface area (Å²) in [7, 11) is 0. The molecule has 1 unspecified atom stereocenters. The second-order valence-corrected chi connectivity index (χ2v) is 9.28. The number of para-hydroxylation sites is 1. The SMILES string of the molecule is CC(Sc1nnc(C2CC2)n1Cc1ccco1)C(=O)Nc1ccc(Oc2ccccc2)cc1. The molecule has 1 atom stereocenters. The van der Waals surface area contributed by atoms with Crippen LogP contribution in [0.2, 0.25) is 0 Å². The van der Waals surface area contributed by atoms with Crippen molar-refractivity contribution in [3.8, 4) is 11.5 Å². The van der Waals surface area contributed by atoms with Gasteiger partial charge in [-0.1, -0.05) is 30.0 Å². The molecule has 8 heteroatoms. The molecule has 0 radical (unpaired) electrons. The quantitative estimate of drug-likeness (QED) is 0.322. The molecule has 1 fully saturated rings. The Bertz CT molecular complexity index is 1200. The zero-order valence-electron chi connectivity index (χ0n) is 18.2. The van der Waals surface area contributed by atoms with Crippen LogP contribution in [-0.2, 0) is 11.3 Å². The molecule has 4 aromatic rings. The van der Waals surface area contributed by atoms with E-state index in [9.17, 15) is 4.79 Å². The van der Waals surface area contributed by atoms with E-state index in [1.807, 2.05) is 73.7 Å². The van der Waals surface area contributed by atoms with Gasteiger partial charge in [0.1, 0.15) is 23.1 Å². The summed E-state index contributed by atoms with van der Waals surface area (Å²) in [5.41, 5.74) is 0.712. The van der Waals surface area contributed by atoms with E-state index in [1.165, 1.54) is 11.8 Å². The Labute approximate surface area is 196 Å². The van der Waals surface area contributed by atoms with Gasteiger partial charge in [-0.15, -0.1) is 10.2 Å². The van der Waals surface area contributed by atoms with Crippen molar-refractivity contribution in [2.75, 3.05) is 5.32 Å². The maximum atomic E-state index is 12.8. The zero-order valence-corrected chi connectivity index (χ0v) is 19.0. The van der Waals surface area contributed by atoms with Gasteiger partial charge in [-0.05, 0) is 68.3 Å². The molecule has 168 valence electrons. The largest absolute Gasteiger partial charge is 0.467 e. The Morgan fingerprint density at radius 1 is 1.09 bits per heavy atom. The number of aromatic nitrogens is 3. The fourth-order valence-electron chi connectivity index (χ4n) is 3.42. The molecule has 1 aliphatic carbocycles. The molecule has 33 heavy (non-hydrogen) atoms. The number of hydrogen-bond donors (Lipinski definition) is 1. The lowest BCUT2D eigenvalue weighted by molar-refractivity contribution is -0.115. The first-order valence-corrected chi connectivity index (χ1v) is 11.8. The summed E-state index contributed by atoms with van der Waals surface area (Å²) in [5.74, 6) is 3.63. The highest BCUT2D eigenvalue weighted by molar-refractivity contribution is 8.00. The molecular weight excluding hydrogens is 436 g/mol. The van der Waals surface area contributed by atoms with Crippen LogP contribution in [0.5, 0.6) is 11.5 Å². The molecule has 5 rings (SSSR count). The van der Waals surface area contributed by atoms with Crippen LogP contribution >= 0.6 is 11.8 Å². The highest BCUT2D eigenvalue weighted by atomic mass is 32.2. The van der Waals surface area contributed by atoms with Crippen LogP contribution in [0.1, 0.15) is 37.3 Å². The van der Waals surface area contributed by atoms with Crippen LogP contribution in [0, 0.1) is 0 Å². The van der Waals surface area contributed by atoms with Crippen LogP contribution in [0.15, 0.2) is 82.6 Å². The molecule has 1 aliphatic rings. The number of ether oxygens (including phenoxy) is 1. The molecule has 0 spiro atoms. The highest BCUT2D eigenvalue weighted by Crippen LogP contribution is 2.40. The summed E-state index contributed by atoms with van der Waals surface area (Å²) in [6.45, 7) is 2.43. The summed E-state index contributed by atoms with van der Waals surface area (Å²) in [4.78, 5) is 12.8. The Morgan fingerprint density at radius 2 is 1.85 bits per heavy atom. The van der Waals surface area contributed by atoms with Crippen LogP contribution in [0.3, 0.4) is 0 Å². The van der Waals surface area contributed by atoms with Gasteiger partial charge < -0.3 is 14.5 Å². The lowest BCUT2D eigenvalue weighted by atomic mass is 10.3. The van der Waals surface area contributed by atoms with E-state index in [-0.39, 0.29) is 11.2 Å². The molecule has 2 heterocycles. The lowest BCUT2D eigenvalue weighted by Crippen LogP contribution is -2.23. The predicted octanol–water partition coefficient (Wildman–Crippen LogP) is 5.71. The number of carbonyl (C=O) groups excluding carboxylic acids is 1. The number of carbonyl (C=O) groups is 1. The number of rotatable bonds is 9. The minimum atomic E-state index is -0.350. The number of anilines is 1. The van der Waals surface area contributed by atoms with Gasteiger partial charge in [0.2, 0.25) is 5.91 Å². The van der Waals surface area contributed by atoms with Gasteiger partial charge in [0.15, 0.2) is 5.16 Å². The number of thioether (sulfide) groups is 1. The second kappa shape index (κ2) is 9.54. The average molecular weight is 461 g/mol. The molecule has 2 aromatic carbocycles. The number of nitrogens with one attached hydrogen (secondary N) is 1. The van der Waals surface area contributed by atoms with Crippen LogP contribution in [0.4, 0.5) is 5.69 Å². The van der Waals surface area contributed by atoms with Gasteiger partial charge in [-0.2, -0.15) is 0 Å². The Hall–Kier alpha value is -3.52. The van der Waals surface area contributed by atoms with Gasteiger partial charge >= 0.3 is 0 Å². The molecular formula is C25H24N4O3S. The van der Waals surface area contributed by atoms with Crippen molar-refractivity contribution in [2.45, 2.75) is 42.6 Å². The van der Waals surface area contributed by atoms with Crippen molar-refractivity contribution in [3.63, 3.8) is 0 Å². The Morgan fingerprint density at radius 3 is 2.55 bits per heavy atom. The van der Waals surface area contributed by atoms with E-state index in [0.717, 1.165) is 35.3 Å². The van der Waals surface area contributed by atoms with Crippen molar-refractivity contribution in [3.05, 3.63) is 84.6 Å². The van der Waals surface area contributed by atoms with Crippen LogP contribution in [0.25, 0.3) is 0 Å². The van der Waals surface area contributed by atoms with E-state index in [0.29, 0.717) is 23.9 Å². The lowest BCUT2D eigenvalue weighted by Gasteiger charge is -2.13. The Kier molecular flexibility index (Phi) is 6.17. The molecule has 1 saturated carbocycles. The van der Waals surface area contributed by atoms with Gasteiger partial charge in [0.05, 0.1) is 18.1 Å². The van der Waals surface area contributed by atoms with E-state index in [4.69, 9.17) is 9.15 Å². The van der Waals surface area contributed by atoms with Crippen molar-refractivity contribution >= 4 is 23.4 Å².